The highest BCUT2D eigenvalue weighted by molar-refractivity contribution is 6.10. The number of furan rings is 1. The highest BCUT2D eigenvalue weighted by atomic mass is 16.3. The summed E-state index contributed by atoms with van der Waals surface area (Å²) in [6, 6.07) is 21.8. The molecule has 36 heavy (non-hydrogen) atoms. The predicted molar refractivity (Wildman–Crippen MR) is 148 cm³/mol. The van der Waals surface area contributed by atoms with Crippen molar-refractivity contribution < 1.29 is 4.42 Å². The molecule has 2 aliphatic carbocycles. The van der Waals surface area contributed by atoms with Crippen LogP contribution >= 0.6 is 0 Å². The molecule has 2 saturated carbocycles. The van der Waals surface area contributed by atoms with Gasteiger partial charge < -0.3 is 4.42 Å². The molecule has 0 radical (unpaired) electrons. The van der Waals surface area contributed by atoms with Crippen LogP contribution in [0.3, 0.4) is 0 Å². The lowest BCUT2D eigenvalue weighted by Gasteiger charge is -2.29. The number of benzene rings is 3. The number of aromatic nitrogens is 2. The monoisotopic (exact) mass is 474 g/mol. The van der Waals surface area contributed by atoms with E-state index in [4.69, 9.17) is 9.40 Å². The Balaban J connectivity index is 1.56. The Kier molecular flexibility index (Phi) is 5.65. The van der Waals surface area contributed by atoms with Crippen LogP contribution in [0.1, 0.15) is 87.2 Å². The van der Waals surface area contributed by atoms with Crippen molar-refractivity contribution in [3.05, 3.63) is 84.2 Å². The molecule has 0 saturated heterocycles. The number of para-hydroxylation sites is 1. The molecule has 0 bridgehead atoms. The van der Waals surface area contributed by atoms with Gasteiger partial charge >= 0.3 is 0 Å². The molecule has 0 N–H and O–H groups in total. The van der Waals surface area contributed by atoms with Gasteiger partial charge in [0.15, 0.2) is 5.58 Å². The van der Waals surface area contributed by atoms with E-state index in [2.05, 4.69) is 71.4 Å². The number of rotatable bonds is 4. The summed E-state index contributed by atoms with van der Waals surface area (Å²) in [6.07, 6.45) is 17.2. The van der Waals surface area contributed by atoms with Crippen LogP contribution in [0.5, 0.6) is 0 Å². The van der Waals surface area contributed by atoms with Crippen LogP contribution in [0.4, 0.5) is 0 Å². The average Bonchev–Trinajstić information content (AvgIpc) is 3.59. The zero-order valence-electron chi connectivity index (χ0n) is 21.0. The molecule has 2 heterocycles. The zero-order chi connectivity index (χ0) is 23.9. The summed E-state index contributed by atoms with van der Waals surface area (Å²) in [7, 11) is 0. The molecule has 5 aromatic rings. The highest BCUT2D eigenvalue weighted by Gasteiger charge is 2.29. The van der Waals surface area contributed by atoms with Crippen LogP contribution in [0.15, 0.2) is 77.5 Å². The molecule has 2 aliphatic rings. The predicted octanol–water partition coefficient (Wildman–Crippen LogP) is 9.53. The van der Waals surface area contributed by atoms with Crippen molar-refractivity contribution in [3.63, 3.8) is 0 Å². The van der Waals surface area contributed by atoms with Crippen LogP contribution in [-0.2, 0) is 0 Å². The smallest absolute Gasteiger partial charge is 0.160 e. The summed E-state index contributed by atoms with van der Waals surface area (Å²) >= 11 is 0. The summed E-state index contributed by atoms with van der Waals surface area (Å²) in [5.41, 5.74) is 7.39. The number of hydrogen-bond acceptors (Lipinski definition) is 2. The SMILES string of the molecule is c1ccc(-c2nccn2-c2c(C3CCCCC3)cc(C3CCCCC3)c3c2oc2ccccc23)cc1. The number of hydrogen-bond donors (Lipinski definition) is 0. The van der Waals surface area contributed by atoms with E-state index in [0.29, 0.717) is 11.8 Å². The molecule has 3 aromatic carbocycles. The fourth-order valence-corrected chi connectivity index (χ4v) is 6.93. The lowest BCUT2D eigenvalue weighted by Crippen LogP contribution is -2.12. The van der Waals surface area contributed by atoms with Crippen molar-refractivity contribution in [1.82, 2.24) is 9.55 Å². The number of fused-ring (bicyclic) bond motifs is 3. The van der Waals surface area contributed by atoms with Crippen molar-refractivity contribution >= 4 is 21.9 Å². The molecule has 0 aliphatic heterocycles. The Hall–Kier alpha value is -3.33. The average molecular weight is 475 g/mol. The maximum atomic E-state index is 6.81. The van der Waals surface area contributed by atoms with E-state index in [1.807, 2.05) is 6.20 Å². The molecular weight excluding hydrogens is 440 g/mol. The Morgan fingerprint density at radius 1 is 0.722 bits per heavy atom. The van der Waals surface area contributed by atoms with E-state index in [1.54, 1.807) is 0 Å². The first-order valence-corrected chi connectivity index (χ1v) is 14.0. The van der Waals surface area contributed by atoms with Crippen LogP contribution in [0.25, 0.3) is 39.0 Å². The summed E-state index contributed by atoms with van der Waals surface area (Å²) < 4.78 is 9.13. The maximum absolute atomic E-state index is 6.81. The highest BCUT2D eigenvalue weighted by Crippen LogP contribution is 2.47. The maximum Gasteiger partial charge on any atom is 0.160 e. The third-order valence-electron chi connectivity index (χ3n) is 8.69. The lowest BCUT2D eigenvalue weighted by atomic mass is 9.77. The standard InChI is InChI=1S/C33H34N2O/c1-4-12-23(13-5-1)27-22-28(24-14-6-2-7-15-24)31(32-30(27)26-18-10-11-19-29(26)36-32)35-21-20-34-33(35)25-16-8-3-9-17-25/h3,8-11,16-24H,1-2,4-7,12-15H2. The van der Waals surface area contributed by atoms with Crippen molar-refractivity contribution in [1.29, 1.82) is 0 Å². The van der Waals surface area contributed by atoms with E-state index in [-0.39, 0.29) is 0 Å². The van der Waals surface area contributed by atoms with Crippen molar-refractivity contribution in [2.75, 3.05) is 0 Å². The van der Waals surface area contributed by atoms with Crippen LogP contribution < -0.4 is 0 Å². The zero-order valence-corrected chi connectivity index (χ0v) is 21.0. The van der Waals surface area contributed by atoms with Crippen LogP contribution in [0, 0.1) is 0 Å². The summed E-state index contributed by atoms with van der Waals surface area (Å²) in [6.45, 7) is 0. The third kappa shape index (κ3) is 3.68. The first-order valence-electron chi connectivity index (χ1n) is 14.0. The quantitative estimate of drug-likeness (QED) is 0.260. The molecule has 0 unspecified atom stereocenters. The Labute approximate surface area is 213 Å². The van der Waals surface area contributed by atoms with Gasteiger partial charge in [0.1, 0.15) is 11.4 Å². The normalized spacial score (nSPS) is 17.8. The number of nitrogens with zero attached hydrogens (tertiary/aromatic N) is 2. The summed E-state index contributed by atoms with van der Waals surface area (Å²) in [5, 5.41) is 2.59. The van der Waals surface area contributed by atoms with Gasteiger partial charge in [0.05, 0.1) is 5.69 Å². The summed E-state index contributed by atoms with van der Waals surface area (Å²) in [5.74, 6) is 2.18. The molecule has 7 rings (SSSR count). The first-order chi connectivity index (χ1) is 17.9. The molecule has 2 aromatic heterocycles. The second kappa shape index (κ2) is 9.28. The molecule has 0 amide bonds. The van der Waals surface area contributed by atoms with Gasteiger partial charge in [-0.25, -0.2) is 4.98 Å². The van der Waals surface area contributed by atoms with Crippen LogP contribution in [0.2, 0.25) is 0 Å². The first kappa shape index (κ1) is 21.9. The largest absolute Gasteiger partial charge is 0.454 e. The van der Waals surface area contributed by atoms with Crippen molar-refractivity contribution in [2.24, 2.45) is 0 Å². The molecule has 0 atom stereocenters. The Morgan fingerprint density at radius 3 is 2.14 bits per heavy atom. The molecule has 2 fully saturated rings. The molecule has 182 valence electrons. The van der Waals surface area contributed by atoms with E-state index in [9.17, 15) is 0 Å². The van der Waals surface area contributed by atoms with Crippen molar-refractivity contribution in [3.8, 4) is 17.1 Å². The minimum Gasteiger partial charge on any atom is -0.454 e. The minimum atomic E-state index is 0.569. The van der Waals surface area contributed by atoms with E-state index >= 15 is 0 Å². The van der Waals surface area contributed by atoms with Crippen LogP contribution in [-0.4, -0.2) is 9.55 Å². The minimum absolute atomic E-state index is 0.569. The number of imidazole rings is 1. The van der Waals surface area contributed by atoms with Gasteiger partial charge in [-0.1, -0.05) is 93.1 Å². The second-order valence-corrected chi connectivity index (χ2v) is 10.9. The van der Waals surface area contributed by atoms with E-state index < -0.39 is 0 Å². The van der Waals surface area contributed by atoms with E-state index in [1.165, 1.54) is 91.8 Å². The third-order valence-corrected chi connectivity index (χ3v) is 8.69. The Morgan fingerprint density at radius 2 is 1.39 bits per heavy atom. The van der Waals surface area contributed by atoms with E-state index in [0.717, 1.165) is 22.6 Å². The van der Waals surface area contributed by atoms with Crippen molar-refractivity contribution in [2.45, 2.75) is 76.0 Å². The van der Waals surface area contributed by atoms with Gasteiger partial charge in [-0.3, -0.25) is 4.57 Å². The second-order valence-electron chi connectivity index (χ2n) is 10.9. The van der Waals surface area contributed by atoms with Gasteiger partial charge in [-0.2, -0.15) is 0 Å². The molecule has 3 heteroatoms. The molecular formula is C33H34N2O. The fraction of sp³-hybridized carbons (Fsp3) is 0.364. The summed E-state index contributed by atoms with van der Waals surface area (Å²) in [4.78, 5) is 4.84. The van der Waals surface area contributed by atoms with Gasteiger partial charge in [0.25, 0.3) is 0 Å². The lowest BCUT2D eigenvalue weighted by molar-refractivity contribution is 0.436. The topological polar surface area (TPSA) is 31.0 Å². The van der Waals surface area contributed by atoms with Gasteiger partial charge in [0.2, 0.25) is 0 Å². The molecule has 0 spiro atoms. The van der Waals surface area contributed by atoms with Gasteiger partial charge in [-0.05, 0) is 54.7 Å². The Bertz CT molecular complexity index is 1500. The van der Waals surface area contributed by atoms with Gasteiger partial charge in [-0.15, -0.1) is 0 Å². The molecule has 3 nitrogen and oxygen atoms in total. The van der Waals surface area contributed by atoms with Gasteiger partial charge in [0, 0.05) is 28.7 Å². The fourth-order valence-electron chi connectivity index (χ4n) is 6.93.